The van der Waals surface area contributed by atoms with Gasteiger partial charge in [0.05, 0.1) is 0 Å². The second kappa shape index (κ2) is 4.43. The van der Waals surface area contributed by atoms with Gasteiger partial charge in [-0.2, -0.15) is 0 Å². The van der Waals surface area contributed by atoms with Crippen LogP contribution in [-0.2, 0) is 9.92 Å². The fourth-order valence-electron chi connectivity index (χ4n) is 1.11. The third kappa shape index (κ3) is 2.24. The lowest BCUT2D eigenvalue weighted by Gasteiger charge is -2.17. The summed E-state index contributed by atoms with van der Waals surface area (Å²) in [6, 6.07) is 0. The van der Waals surface area contributed by atoms with Gasteiger partial charge >= 0.3 is 0 Å². The summed E-state index contributed by atoms with van der Waals surface area (Å²) < 4.78 is 15.3. The first-order valence-corrected chi connectivity index (χ1v) is 5.83. The quantitative estimate of drug-likeness (QED) is 0.561. The van der Waals surface area contributed by atoms with Crippen LogP contribution in [0.1, 0.15) is 6.42 Å². The molecule has 1 atom stereocenters. The molecule has 80 valence electrons. The molecule has 1 aliphatic rings. The molecule has 0 aliphatic carbocycles. The molecule has 0 saturated heterocycles. The maximum Gasteiger partial charge on any atom is 0.141 e. The van der Waals surface area contributed by atoms with Crippen molar-refractivity contribution in [1.82, 2.24) is 5.32 Å². The van der Waals surface area contributed by atoms with Crippen molar-refractivity contribution in [2.24, 2.45) is 20.2 Å². The summed E-state index contributed by atoms with van der Waals surface area (Å²) in [5.74, 6) is 0.497. The van der Waals surface area contributed by atoms with Gasteiger partial charge in [-0.1, -0.05) is 0 Å². The van der Waals surface area contributed by atoms with Crippen LogP contribution < -0.4 is 16.2 Å². The van der Waals surface area contributed by atoms with Crippen LogP contribution >= 0.6 is 0 Å². The summed E-state index contributed by atoms with van der Waals surface area (Å²) in [4.78, 5) is 4.43. The van der Waals surface area contributed by atoms with E-state index >= 15 is 0 Å². The number of aliphatic imine (C=N–C) groups is 1. The minimum absolute atomic E-state index is 0.278. The monoisotopic (exact) mass is 217 g/mol. The van der Waals surface area contributed by atoms with Crippen molar-refractivity contribution in [3.05, 3.63) is 11.1 Å². The SMILES string of the molecule is CN=S(N)(=O)/C(=C/N)C1=NCCCN1. The normalized spacial score (nSPS) is 21.9. The lowest BCUT2D eigenvalue weighted by atomic mass is 10.3. The highest BCUT2D eigenvalue weighted by atomic mass is 32.2. The highest BCUT2D eigenvalue weighted by Gasteiger charge is 2.17. The Labute approximate surface area is 83.8 Å². The Morgan fingerprint density at radius 2 is 2.50 bits per heavy atom. The second-order valence-electron chi connectivity index (χ2n) is 2.79. The Kier molecular flexibility index (Phi) is 3.48. The first kappa shape index (κ1) is 11.0. The summed E-state index contributed by atoms with van der Waals surface area (Å²) in [5, 5.41) is 8.49. The summed E-state index contributed by atoms with van der Waals surface area (Å²) >= 11 is 0. The molecule has 7 heteroatoms. The van der Waals surface area contributed by atoms with Gasteiger partial charge < -0.3 is 11.1 Å². The van der Waals surface area contributed by atoms with Crippen LogP contribution in [0.3, 0.4) is 0 Å². The maximum atomic E-state index is 11.7. The molecule has 1 unspecified atom stereocenters. The average Bonchev–Trinajstić information content (AvgIpc) is 2.20. The Hall–Kier alpha value is -1.08. The largest absolute Gasteiger partial charge is 0.403 e. The molecule has 0 bridgehead atoms. The van der Waals surface area contributed by atoms with Gasteiger partial charge in [-0.3, -0.25) is 4.99 Å². The van der Waals surface area contributed by atoms with E-state index in [9.17, 15) is 4.21 Å². The lowest BCUT2D eigenvalue weighted by molar-refractivity contribution is 0.681. The standard InChI is InChI=1S/C7H15N5OS/c1-10-14(9,13)6(5-8)7-11-3-2-4-12-7/h5H,2-4,8H2,1H3,(H,11,12)(H2,9,10,13)/b6-5+. The first-order valence-electron chi connectivity index (χ1n) is 4.25. The molecule has 0 aromatic carbocycles. The Balaban J connectivity index is 3.06. The third-order valence-electron chi connectivity index (χ3n) is 1.87. The van der Waals surface area contributed by atoms with Crippen LogP contribution in [0.25, 0.3) is 0 Å². The van der Waals surface area contributed by atoms with Crippen molar-refractivity contribution in [3.8, 4) is 0 Å². The number of hydrogen-bond donors (Lipinski definition) is 3. The molecule has 0 spiro atoms. The molecule has 1 aliphatic heterocycles. The van der Waals surface area contributed by atoms with E-state index in [1.165, 1.54) is 13.2 Å². The zero-order valence-corrected chi connectivity index (χ0v) is 8.88. The molecule has 14 heavy (non-hydrogen) atoms. The van der Waals surface area contributed by atoms with Crippen LogP contribution in [0.4, 0.5) is 0 Å². The maximum absolute atomic E-state index is 11.7. The molecule has 0 aromatic rings. The molecule has 1 heterocycles. The van der Waals surface area contributed by atoms with E-state index in [0.29, 0.717) is 12.4 Å². The minimum atomic E-state index is -2.89. The van der Waals surface area contributed by atoms with Crippen molar-refractivity contribution in [2.75, 3.05) is 20.1 Å². The van der Waals surface area contributed by atoms with Gasteiger partial charge in [0.1, 0.15) is 20.7 Å². The number of hydrogen-bond acceptors (Lipinski definition) is 5. The van der Waals surface area contributed by atoms with Crippen LogP contribution in [0.2, 0.25) is 0 Å². The molecule has 5 N–H and O–H groups in total. The first-order chi connectivity index (χ1) is 6.61. The van der Waals surface area contributed by atoms with Crippen molar-refractivity contribution in [2.45, 2.75) is 6.42 Å². The van der Waals surface area contributed by atoms with Gasteiger partial charge in [0.25, 0.3) is 0 Å². The smallest absolute Gasteiger partial charge is 0.141 e. The highest BCUT2D eigenvalue weighted by molar-refractivity contribution is 7.96. The summed E-state index contributed by atoms with van der Waals surface area (Å²) in [5.41, 5.74) is 5.36. The molecule has 0 saturated carbocycles. The Bertz CT molecular complexity index is 378. The molecule has 0 aromatic heterocycles. The Morgan fingerprint density at radius 3 is 2.93 bits per heavy atom. The van der Waals surface area contributed by atoms with E-state index in [-0.39, 0.29) is 4.91 Å². The van der Waals surface area contributed by atoms with E-state index in [0.717, 1.165) is 13.0 Å². The van der Waals surface area contributed by atoms with Gasteiger partial charge in [-0.05, 0) is 6.42 Å². The van der Waals surface area contributed by atoms with E-state index < -0.39 is 9.92 Å². The average molecular weight is 217 g/mol. The number of nitrogens with zero attached hydrogens (tertiary/aromatic N) is 2. The molecule has 0 radical (unpaired) electrons. The predicted molar refractivity (Wildman–Crippen MR) is 57.9 cm³/mol. The summed E-state index contributed by atoms with van der Waals surface area (Å²) in [6.45, 7) is 1.48. The fraction of sp³-hybridized carbons (Fsp3) is 0.571. The topological polar surface area (TPSA) is 106 Å². The highest BCUT2D eigenvalue weighted by Crippen LogP contribution is 2.07. The van der Waals surface area contributed by atoms with Crippen molar-refractivity contribution < 1.29 is 4.21 Å². The van der Waals surface area contributed by atoms with E-state index in [1.807, 2.05) is 0 Å². The van der Waals surface area contributed by atoms with Gasteiger partial charge in [-0.25, -0.2) is 13.7 Å². The number of nitrogens with two attached hydrogens (primary N) is 2. The van der Waals surface area contributed by atoms with E-state index in [2.05, 4.69) is 14.7 Å². The lowest BCUT2D eigenvalue weighted by Crippen LogP contribution is -2.35. The molecule has 0 amide bonds. The number of nitrogens with one attached hydrogen (secondary N) is 1. The van der Waals surface area contributed by atoms with Crippen LogP contribution in [0.5, 0.6) is 0 Å². The summed E-state index contributed by atoms with van der Waals surface area (Å²) in [7, 11) is -1.49. The molecular weight excluding hydrogens is 202 g/mol. The number of amidine groups is 1. The van der Waals surface area contributed by atoms with Crippen LogP contribution in [0.15, 0.2) is 20.5 Å². The predicted octanol–water partition coefficient (Wildman–Crippen LogP) is -0.850. The molecule has 1 rings (SSSR count). The van der Waals surface area contributed by atoms with Crippen LogP contribution in [-0.4, -0.2) is 30.2 Å². The minimum Gasteiger partial charge on any atom is -0.403 e. The zero-order valence-electron chi connectivity index (χ0n) is 8.06. The molecule has 0 fully saturated rings. The van der Waals surface area contributed by atoms with Crippen molar-refractivity contribution in [1.29, 1.82) is 0 Å². The Morgan fingerprint density at radius 1 is 1.79 bits per heavy atom. The van der Waals surface area contributed by atoms with Crippen molar-refractivity contribution in [3.63, 3.8) is 0 Å². The fourth-order valence-corrected chi connectivity index (χ4v) is 1.92. The third-order valence-corrected chi connectivity index (χ3v) is 3.37. The van der Waals surface area contributed by atoms with E-state index in [4.69, 9.17) is 10.9 Å². The van der Waals surface area contributed by atoms with Crippen LogP contribution in [0, 0.1) is 0 Å². The van der Waals surface area contributed by atoms with E-state index in [1.54, 1.807) is 0 Å². The van der Waals surface area contributed by atoms with Gasteiger partial charge in [0, 0.05) is 26.3 Å². The molecule has 6 nitrogen and oxygen atoms in total. The van der Waals surface area contributed by atoms with Gasteiger partial charge in [-0.15, -0.1) is 0 Å². The summed E-state index contributed by atoms with van der Waals surface area (Å²) in [6.07, 6.45) is 2.16. The van der Waals surface area contributed by atoms with Crippen molar-refractivity contribution >= 4 is 15.8 Å². The van der Waals surface area contributed by atoms with Gasteiger partial charge in [0.15, 0.2) is 0 Å². The molecular formula is C7H15N5OS. The number of rotatable bonds is 2. The van der Waals surface area contributed by atoms with Gasteiger partial charge in [0.2, 0.25) is 0 Å². The zero-order chi connectivity index (χ0) is 10.6. The second-order valence-corrected chi connectivity index (χ2v) is 4.74.